The van der Waals surface area contributed by atoms with Crippen LogP contribution >= 0.6 is 0 Å². The molecule has 16 nitrogen and oxygen atoms in total. The van der Waals surface area contributed by atoms with Gasteiger partial charge in [-0.1, -0.05) is 0 Å². The molecule has 0 aliphatic carbocycles. The number of halogens is 2. The summed E-state index contributed by atoms with van der Waals surface area (Å²) in [4.78, 5) is 110. The Hall–Kier alpha value is -4.28. The largest absolute Gasteiger partial charge is 1.00 e. The fourth-order valence-corrected chi connectivity index (χ4v) is 7.56. The summed E-state index contributed by atoms with van der Waals surface area (Å²) in [6, 6.07) is 6.31. The molecule has 2 N–H and O–H groups in total. The smallest absolute Gasteiger partial charge is 0.328 e. The van der Waals surface area contributed by atoms with Gasteiger partial charge in [-0.2, -0.15) is 0 Å². The molecule has 6 rings (SSSR count). The number of benzene rings is 2. The fraction of sp³-hybridized carbons (Fsp3) is 0.450. The van der Waals surface area contributed by atoms with Gasteiger partial charge in [-0.05, 0) is 63.8 Å². The minimum Gasteiger partial charge on any atom is -1.00 e. The zero-order chi connectivity index (χ0) is 40.7. The van der Waals surface area contributed by atoms with E-state index in [0.717, 1.165) is 25.9 Å². The molecule has 0 bridgehead atoms. The van der Waals surface area contributed by atoms with Crippen LogP contribution in [0.5, 0.6) is 0 Å². The van der Waals surface area contributed by atoms with E-state index in [1.165, 1.54) is 18.9 Å². The van der Waals surface area contributed by atoms with E-state index in [2.05, 4.69) is 9.97 Å². The molecule has 2 aromatic heterocycles. The Morgan fingerprint density at radius 2 is 0.776 bits per heavy atom. The number of H-pyrrole nitrogens is 2. The molecule has 0 fully saturated rings. The minimum absolute atomic E-state index is 0. The number of rotatable bonds is 16. The predicted octanol–water partition coefficient (Wildman–Crippen LogP) is -4.53. The van der Waals surface area contributed by atoms with Crippen LogP contribution in [-0.4, -0.2) is 129 Å². The van der Waals surface area contributed by atoms with Crippen LogP contribution in [0.2, 0.25) is 0 Å². The molecular formula is C40H50I2N8O8. The highest BCUT2D eigenvalue weighted by atomic mass is 127. The van der Waals surface area contributed by atoms with Gasteiger partial charge in [0.15, 0.2) is 0 Å². The number of nitrogens with zero attached hydrogens (tertiary/aromatic N) is 6. The van der Waals surface area contributed by atoms with Gasteiger partial charge in [-0.3, -0.25) is 48.5 Å². The van der Waals surface area contributed by atoms with E-state index >= 15 is 0 Å². The maximum Gasteiger partial charge on any atom is 0.328 e. The number of amides is 4. The Balaban J connectivity index is 0.00000372. The number of carbonyl (C=O) groups excluding carboxylic acids is 4. The van der Waals surface area contributed by atoms with Crippen molar-refractivity contribution < 1.29 is 76.1 Å². The summed E-state index contributed by atoms with van der Waals surface area (Å²) >= 11 is 0. The molecule has 4 amide bonds. The lowest BCUT2D eigenvalue weighted by atomic mass is 9.86. The number of likely N-dealkylation sites (N-methyl/N-ethyl adjacent to an activating group) is 2. The summed E-state index contributed by atoms with van der Waals surface area (Å²) < 4.78 is 4.02. The van der Waals surface area contributed by atoms with Crippen LogP contribution in [0.25, 0.3) is 10.8 Å². The van der Waals surface area contributed by atoms with Crippen LogP contribution in [0.4, 0.5) is 0 Å². The summed E-state index contributed by atoms with van der Waals surface area (Å²) in [6.45, 7) is 6.96. The Bertz CT molecular complexity index is 2280. The average molecular weight is 1020 g/mol. The number of aryl methyl sites for hydroxylation is 4. The van der Waals surface area contributed by atoms with Crippen molar-refractivity contribution in [1.82, 2.24) is 28.9 Å². The zero-order valence-electron chi connectivity index (χ0n) is 33.7. The average Bonchev–Trinajstić information content (AvgIpc) is 3.13. The van der Waals surface area contributed by atoms with Gasteiger partial charge in [0.25, 0.3) is 34.7 Å². The lowest BCUT2D eigenvalue weighted by Crippen LogP contribution is -3.00. The Kier molecular flexibility index (Phi) is 14.7. The molecule has 312 valence electrons. The SMILES string of the molecule is Cc1cn(CCCC[N+](C)(C)CCN2C(=O)c3ccc4c5c(ccc(c35)C2=O)C(=O)N(CC[N+](C)(C)CCCCn2cc(C)c(=O)[nH]c2=O)C4=O)c(=O)[nH]c1=O.[I-].[I-]. The number of hydrogen-bond donors (Lipinski definition) is 2. The molecule has 0 saturated heterocycles. The molecule has 0 unspecified atom stereocenters. The topological polar surface area (TPSA) is 184 Å². The Morgan fingerprint density at radius 1 is 0.466 bits per heavy atom. The van der Waals surface area contributed by atoms with Gasteiger partial charge in [-0.15, -0.1) is 0 Å². The van der Waals surface area contributed by atoms with E-state index < -0.39 is 46.1 Å². The van der Waals surface area contributed by atoms with Crippen molar-refractivity contribution in [2.24, 2.45) is 0 Å². The lowest BCUT2D eigenvalue weighted by Gasteiger charge is -2.35. The maximum absolute atomic E-state index is 13.9. The number of aromatic nitrogens is 4. The van der Waals surface area contributed by atoms with Crippen molar-refractivity contribution in [1.29, 1.82) is 0 Å². The molecular weight excluding hydrogens is 974 g/mol. The van der Waals surface area contributed by atoms with Crippen LogP contribution in [0.3, 0.4) is 0 Å². The molecule has 2 aliphatic heterocycles. The third kappa shape index (κ3) is 9.60. The summed E-state index contributed by atoms with van der Waals surface area (Å²) in [5.41, 5.74) is 0.369. The van der Waals surface area contributed by atoms with Gasteiger partial charge in [0, 0.05) is 69.6 Å². The fourth-order valence-electron chi connectivity index (χ4n) is 7.56. The number of unbranched alkanes of at least 4 members (excludes halogenated alkanes) is 2. The first-order chi connectivity index (χ1) is 26.4. The number of quaternary nitrogens is 2. The van der Waals surface area contributed by atoms with E-state index in [0.29, 0.717) is 69.9 Å². The molecule has 58 heavy (non-hydrogen) atoms. The lowest BCUT2D eigenvalue weighted by molar-refractivity contribution is -0.889. The molecule has 0 spiro atoms. The molecule has 0 atom stereocenters. The molecule has 0 saturated carbocycles. The first-order valence-electron chi connectivity index (χ1n) is 19.0. The molecule has 4 aromatic rings. The van der Waals surface area contributed by atoms with E-state index in [9.17, 15) is 38.4 Å². The highest BCUT2D eigenvalue weighted by Crippen LogP contribution is 2.38. The quantitative estimate of drug-likeness (QED) is 0.0487. The highest BCUT2D eigenvalue weighted by Gasteiger charge is 2.40. The van der Waals surface area contributed by atoms with E-state index in [-0.39, 0.29) is 83.3 Å². The second-order valence-electron chi connectivity index (χ2n) is 16.3. The van der Waals surface area contributed by atoms with Crippen LogP contribution in [0, 0.1) is 13.8 Å². The normalized spacial score (nSPS) is 13.9. The zero-order valence-corrected chi connectivity index (χ0v) is 38.0. The summed E-state index contributed by atoms with van der Waals surface area (Å²) in [5, 5.41) is 0.670. The van der Waals surface area contributed by atoms with Gasteiger partial charge in [0.1, 0.15) is 0 Å². The van der Waals surface area contributed by atoms with Crippen molar-refractivity contribution in [2.45, 2.75) is 52.6 Å². The number of carbonyl (C=O) groups is 4. The first kappa shape index (κ1) is 46.4. The van der Waals surface area contributed by atoms with Crippen molar-refractivity contribution in [2.75, 3.05) is 67.5 Å². The number of hydrogen-bond acceptors (Lipinski definition) is 8. The standard InChI is InChI=1S/C40H48N8O8.2HI/c1-25-23-43(39(55)41-33(25)49)15-7-9-19-47(3,4)21-17-45-35(51)27-11-13-29-32-30(14-12-28(31(27)32)36(45)52)38(54)46(37(29)53)18-22-48(5,6)20-10-8-16-44-24-26(2)34(50)42-40(44)56;;/h11-14,23-24H,7-10,15-22H2,1-6H3;2*1H. The van der Waals surface area contributed by atoms with Gasteiger partial charge >= 0.3 is 11.4 Å². The molecule has 0 radical (unpaired) electrons. The highest BCUT2D eigenvalue weighted by molar-refractivity contribution is 6.33. The van der Waals surface area contributed by atoms with Gasteiger partial charge < -0.3 is 66.1 Å². The van der Waals surface area contributed by atoms with Gasteiger partial charge in [0.05, 0.1) is 67.5 Å². The van der Waals surface area contributed by atoms with Crippen LogP contribution in [0.1, 0.15) is 78.2 Å². The van der Waals surface area contributed by atoms with Crippen LogP contribution in [-0.2, 0) is 13.1 Å². The maximum atomic E-state index is 13.9. The summed E-state index contributed by atoms with van der Waals surface area (Å²) in [7, 11) is 8.05. The van der Waals surface area contributed by atoms with Crippen molar-refractivity contribution >= 4 is 34.4 Å². The van der Waals surface area contributed by atoms with E-state index in [1.54, 1.807) is 50.5 Å². The molecule has 2 aromatic carbocycles. The number of nitrogens with one attached hydrogen (secondary N) is 2. The predicted molar refractivity (Wildman–Crippen MR) is 209 cm³/mol. The second-order valence-corrected chi connectivity index (χ2v) is 16.3. The van der Waals surface area contributed by atoms with Crippen LogP contribution < -0.4 is 70.5 Å². The minimum atomic E-state index is -0.471. The molecule has 4 heterocycles. The monoisotopic (exact) mass is 1020 g/mol. The van der Waals surface area contributed by atoms with E-state index in [4.69, 9.17) is 0 Å². The van der Waals surface area contributed by atoms with Crippen molar-refractivity contribution in [3.8, 4) is 0 Å². The summed E-state index contributed by atoms with van der Waals surface area (Å²) in [5.74, 6) is -1.89. The summed E-state index contributed by atoms with van der Waals surface area (Å²) in [6.07, 6.45) is 6.05. The number of aromatic amines is 2. The van der Waals surface area contributed by atoms with Gasteiger partial charge in [0.2, 0.25) is 0 Å². The van der Waals surface area contributed by atoms with Crippen LogP contribution in [0.15, 0.2) is 55.8 Å². The third-order valence-electron chi connectivity index (χ3n) is 11.1. The van der Waals surface area contributed by atoms with E-state index in [1.807, 2.05) is 28.2 Å². The Morgan fingerprint density at radius 3 is 1.09 bits per heavy atom. The number of imide groups is 2. The van der Waals surface area contributed by atoms with Gasteiger partial charge in [-0.25, -0.2) is 9.59 Å². The Labute approximate surface area is 369 Å². The van der Waals surface area contributed by atoms with Crippen molar-refractivity contribution in [3.63, 3.8) is 0 Å². The van der Waals surface area contributed by atoms with Crippen molar-refractivity contribution in [3.05, 3.63) is 112 Å². The molecule has 18 heteroatoms. The molecule has 2 aliphatic rings. The first-order valence-corrected chi connectivity index (χ1v) is 19.0. The second kappa shape index (κ2) is 18.3. The third-order valence-corrected chi connectivity index (χ3v) is 11.1.